The summed E-state index contributed by atoms with van der Waals surface area (Å²) in [7, 11) is 1.35. The Morgan fingerprint density at radius 1 is 1.13 bits per heavy atom. The van der Waals surface area contributed by atoms with Gasteiger partial charge in [0.05, 0.1) is 18.9 Å². The molecular weight excluding hydrogens is 418 g/mol. The minimum Gasteiger partial charge on any atom is -0.484 e. The number of benzene rings is 2. The Balaban J connectivity index is 1.64. The van der Waals surface area contributed by atoms with Gasteiger partial charge in [-0.2, -0.15) is 5.10 Å². The number of hydrazone groups is 1. The van der Waals surface area contributed by atoms with Crippen LogP contribution in [0.5, 0.6) is 5.75 Å². The summed E-state index contributed by atoms with van der Waals surface area (Å²) >= 11 is 5.89. The van der Waals surface area contributed by atoms with Crippen molar-refractivity contribution >= 4 is 29.7 Å². The highest BCUT2D eigenvalue weighted by atomic mass is 35.5. The number of amides is 1. The zero-order chi connectivity index (χ0) is 22.4. The summed E-state index contributed by atoms with van der Waals surface area (Å²) in [6, 6.07) is 15.9. The average Bonchev–Trinajstić information content (AvgIpc) is 3.05. The maximum atomic E-state index is 12.0. The lowest BCUT2D eigenvalue weighted by Gasteiger charge is -2.10. The molecule has 3 rings (SSSR count). The van der Waals surface area contributed by atoms with E-state index in [0.717, 1.165) is 22.6 Å². The lowest BCUT2D eigenvalue weighted by molar-refractivity contribution is -0.123. The van der Waals surface area contributed by atoms with Gasteiger partial charge < -0.3 is 14.0 Å². The maximum Gasteiger partial charge on any atom is 0.337 e. The quantitative estimate of drug-likeness (QED) is 0.342. The number of aryl methyl sites for hydroxylation is 1. The summed E-state index contributed by atoms with van der Waals surface area (Å²) in [5.74, 6) is -0.257. The van der Waals surface area contributed by atoms with Gasteiger partial charge in [0.15, 0.2) is 6.61 Å². The normalized spacial score (nSPS) is 10.8. The van der Waals surface area contributed by atoms with Gasteiger partial charge in [0.1, 0.15) is 5.75 Å². The van der Waals surface area contributed by atoms with E-state index in [1.54, 1.807) is 42.6 Å². The molecular formula is C23H22ClN3O4. The van der Waals surface area contributed by atoms with Gasteiger partial charge in [-0.15, -0.1) is 0 Å². The summed E-state index contributed by atoms with van der Waals surface area (Å²) in [5, 5.41) is 4.56. The Kier molecular flexibility index (Phi) is 7.10. The van der Waals surface area contributed by atoms with Crippen molar-refractivity contribution in [1.82, 2.24) is 9.99 Å². The van der Waals surface area contributed by atoms with Crippen molar-refractivity contribution in [3.8, 4) is 11.4 Å². The molecule has 0 aliphatic heterocycles. The number of nitrogens with one attached hydrogen (secondary N) is 1. The fourth-order valence-electron chi connectivity index (χ4n) is 3.09. The molecule has 160 valence electrons. The third kappa shape index (κ3) is 5.52. The number of hydrogen-bond acceptors (Lipinski definition) is 5. The molecule has 0 unspecified atom stereocenters. The number of carbonyl (C=O) groups excluding carboxylic acids is 2. The number of ether oxygens (including phenoxy) is 2. The Labute approximate surface area is 185 Å². The lowest BCUT2D eigenvalue weighted by atomic mass is 10.2. The number of rotatable bonds is 7. The first-order chi connectivity index (χ1) is 14.9. The maximum absolute atomic E-state index is 12.0. The van der Waals surface area contributed by atoms with Crippen LogP contribution >= 0.6 is 11.6 Å². The molecule has 3 aromatic rings. The highest BCUT2D eigenvalue weighted by molar-refractivity contribution is 6.30. The van der Waals surface area contributed by atoms with Crippen LogP contribution in [0.25, 0.3) is 5.69 Å². The van der Waals surface area contributed by atoms with Crippen LogP contribution in [-0.4, -0.2) is 36.4 Å². The Morgan fingerprint density at radius 3 is 2.55 bits per heavy atom. The van der Waals surface area contributed by atoms with Crippen LogP contribution in [-0.2, 0) is 9.53 Å². The van der Waals surface area contributed by atoms with Gasteiger partial charge in [0, 0.05) is 27.7 Å². The Hall–Kier alpha value is -3.58. The molecule has 0 saturated carbocycles. The Morgan fingerprint density at radius 2 is 1.87 bits per heavy atom. The Bertz CT molecular complexity index is 1120. The number of carbonyl (C=O) groups is 2. The van der Waals surface area contributed by atoms with E-state index < -0.39 is 0 Å². The first kappa shape index (κ1) is 22.1. The van der Waals surface area contributed by atoms with Gasteiger partial charge in [0.25, 0.3) is 5.91 Å². The second kappa shape index (κ2) is 9.95. The largest absolute Gasteiger partial charge is 0.484 e. The average molecular weight is 440 g/mol. The number of esters is 1. The molecule has 0 atom stereocenters. The molecule has 0 bridgehead atoms. The van der Waals surface area contributed by atoms with E-state index in [-0.39, 0.29) is 18.5 Å². The lowest BCUT2D eigenvalue weighted by Crippen LogP contribution is -2.24. The van der Waals surface area contributed by atoms with Gasteiger partial charge >= 0.3 is 5.97 Å². The molecule has 8 heteroatoms. The molecule has 1 amide bonds. The molecule has 0 spiro atoms. The molecule has 0 fully saturated rings. The fourth-order valence-corrected chi connectivity index (χ4v) is 3.27. The minimum atomic E-state index is -0.386. The zero-order valence-electron chi connectivity index (χ0n) is 17.4. The molecule has 7 nitrogen and oxygen atoms in total. The summed E-state index contributed by atoms with van der Waals surface area (Å²) < 4.78 is 12.1. The predicted molar refractivity (Wildman–Crippen MR) is 119 cm³/mol. The highest BCUT2D eigenvalue weighted by Crippen LogP contribution is 2.20. The summed E-state index contributed by atoms with van der Waals surface area (Å²) in [6.45, 7) is 3.74. The molecule has 1 aromatic heterocycles. The van der Waals surface area contributed by atoms with Crippen LogP contribution in [0.3, 0.4) is 0 Å². The van der Waals surface area contributed by atoms with E-state index in [1.807, 2.05) is 36.6 Å². The van der Waals surface area contributed by atoms with Crippen molar-refractivity contribution in [2.75, 3.05) is 13.7 Å². The van der Waals surface area contributed by atoms with Crippen LogP contribution < -0.4 is 10.2 Å². The topological polar surface area (TPSA) is 81.9 Å². The van der Waals surface area contributed by atoms with E-state index in [2.05, 4.69) is 10.5 Å². The zero-order valence-corrected chi connectivity index (χ0v) is 18.1. The fraction of sp³-hybridized carbons (Fsp3) is 0.174. The van der Waals surface area contributed by atoms with E-state index in [0.29, 0.717) is 16.3 Å². The molecule has 0 aliphatic carbocycles. The van der Waals surface area contributed by atoms with Gasteiger partial charge in [-0.05, 0) is 62.4 Å². The molecule has 0 aliphatic rings. The van der Waals surface area contributed by atoms with Crippen molar-refractivity contribution in [2.45, 2.75) is 13.8 Å². The third-order valence-corrected chi connectivity index (χ3v) is 4.81. The molecule has 1 N–H and O–H groups in total. The van der Waals surface area contributed by atoms with Gasteiger partial charge in [-0.3, -0.25) is 4.79 Å². The van der Waals surface area contributed by atoms with Crippen molar-refractivity contribution in [3.63, 3.8) is 0 Å². The van der Waals surface area contributed by atoms with E-state index in [9.17, 15) is 9.59 Å². The first-order valence-corrected chi connectivity index (χ1v) is 9.85. The van der Waals surface area contributed by atoms with E-state index in [1.165, 1.54) is 7.11 Å². The molecule has 0 saturated heterocycles. The SMILES string of the molecule is COC(=O)c1ccc(-n2c(C)cc(/C=N\NC(=O)COc3cccc(Cl)c3)c2C)cc1. The first-order valence-electron chi connectivity index (χ1n) is 9.47. The number of aromatic nitrogens is 1. The number of nitrogens with zero attached hydrogens (tertiary/aromatic N) is 2. The van der Waals surface area contributed by atoms with Crippen LogP contribution in [0.15, 0.2) is 59.7 Å². The second-order valence-corrected chi connectivity index (χ2v) is 7.18. The van der Waals surface area contributed by atoms with E-state index in [4.69, 9.17) is 21.1 Å². The number of halogens is 1. The van der Waals surface area contributed by atoms with Crippen molar-refractivity contribution in [1.29, 1.82) is 0 Å². The summed E-state index contributed by atoms with van der Waals surface area (Å²) in [4.78, 5) is 23.6. The smallest absolute Gasteiger partial charge is 0.337 e. The third-order valence-electron chi connectivity index (χ3n) is 4.58. The van der Waals surface area contributed by atoms with Crippen LogP contribution in [0.2, 0.25) is 5.02 Å². The van der Waals surface area contributed by atoms with Gasteiger partial charge in [-0.25, -0.2) is 10.2 Å². The van der Waals surface area contributed by atoms with Crippen LogP contribution in [0.1, 0.15) is 27.3 Å². The monoisotopic (exact) mass is 439 g/mol. The van der Waals surface area contributed by atoms with E-state index >= 15 is 0 Å². The predicted octanol–water partition coefficient (Wildman–Crippen LogP) is 4.06. The van der Waals surface area contributed by atoms with Gasteiger partial charge in [-0.1, -0.05) is 17.7 Å². The molecule has 2 aromatic carbocycles. The van der Waals surface area contributed by atoms with Crippen molar-refractivity contribution in [3.05, 3.63) is 82.1 Å². The van der Waals surface area contributed by atoms with Gasteiger partial charge in [0.2, 0.25) is 0 Å². The number of hydrogen-bond donors (Lipinski definition) is 1. The second-order valence-electron chi connectivity index (χ2n) is 6.74. The van der Waals surface area contributed by atoms with Crippen molar-refractivity contribution < 1.29 is 19.1 Å². The standard InChI is InChI=1S/C23H22ClN3O4/c1-15-11-18(13-25-26-22(28)14-31-21-6-4-5-19(24)12-21)16(2)27(15)20-9-7-17(8-10-20)23(29)30-3/h4-13H,14H2,1-3H3,(H,26,28)/b25-13-. The number of methoxy groups -OCH3 is 1. The minimum absolute atomic E-state index is 0.177. The highest BCUT2D eigenvalue weighted by Gasteiger charge is 2.11. The van der Waals surface area contributed by atoms with Crippen LogP contribution in [0.4, 0.5) is 0 Å². The molecule has 31 heavy (non-hydrogen) atoms. The van der Waals surface area contributed by atoms with Crippen molar-refractivity contribution in [2.24, 2.45) is 5.10 Å². The molecule has 0 radical (unpaired) electrons. The molecule has 1 heterocycles. The van der Waals surface area contributed by atoms with Crippen LogP contribution in [0, 0.1) is 13.8 Å². The summed E-state index contributed by atoms with van der Waals surface area (Å²) in [5.41, 5.74) is 6.62. The summed E-state index contributed by atoms with van der Waals surface area (Å²) in [6.07, 6.45) is 1.58.